The van der Waals surface area contributed by atoms with Gasteiger partial charge in [0.25, 0.3) is 0 Å². The number of hydrogen-bond donors (Lipinski definition) is 1. The SMILES string of the molecule is CCc1nc(C=O)c(C)[nH]1. The van der Waals surface area contributed by atoms with E-state index >= 15 is 0 Å². The summed E-state index contributed by atoms with van der Waals surface area (Å²) in [6, 6.07) is 0. The fourth-order valence-electron chi connectivity index (χ4n) is 0.820. The molecule has 1 rings (SSSR count). The van der Waals surface area contributed by atoms with Gasteiger partial charge >= 0.3 is 0 Å². The fraction of sp³-hybridized carbons (Fsp3) is 0.429. The van der Waals surface area contributed by atoms with Crippen LogP contribution in [0.25, 0.3) is 0 Å². The van der Waals surface area contributed by atoms with Crippen molar-refractivity contribution in [2.24, 2.45) is 0 Å². The molecule has 54 valence electrons. The third kappa shape index (κ3) is 1.07. The van der Waals surface area contributed by atoms with Crippen LogP contribution in [0.1, 0.15) is 28.9 Å². The van der Waals surface area contributed by atoms with Gasteiger partial charge in [0.05, 0.1) is 0 Å². The van der Waals surface area contributed by atoms with E-state index in [1.807, 2.05) is 13.8 Å². The number of aldehydes is 1. The second-order valence-corrected chi connectivity index (χ2v) is 2.17. The van der Waals surface area contributed by atoms with E-state index in [1.165, 1.54) is 0 Å². The minimum atomic E-state index is 0.525. The van der Waals surface area contributed by atoms with Crippen LogP contribution in [-0.4, -0.2) is 16.3 Å². The van der Waals surface area contributed by atoms with E-state index in [1.54, 1.807) is 0 Å². The van der Waals surface area contributed by atoms with Gasteiger partial charge in [-0.15, -0.1) is 0 Å². The lowest BCUT2D eigenvalue weighted by Crippen LogP contribution is -1.82. The van der Waals surface area contributed by atoms with Crippen molar-refractivity contribution in [3.63, 3.8) is 0 Å². The van der Waals surface area contributed by atoms with Gasteiger partial charge in [-0.05, 0) is 6.92 Å². The number of hydrogen-bond acceptors (Lipinski definition) is 2. The second-order valence-electron chi connectivity index (χ2n) is 2.17. The quantitative estimate of drug-likeness (QED) is 0.622. The van der Waals surface area contributed by atoms with Crippen molar-refractivity contribution < 1.29 is 4.79 Å². The molecule has 1 heterocycles. The normalized spacial score (nSPS) is 9.80. The van der Waals surface area contributed by atoms with E-state index in [9.17, 15) is 4.79 Å². The zero-order valence-electron chi connectivity index (χ0n) is 6.14. The average molecular weight is 138 g/mol. The lowest BCUT2D eigenvalue weighted by molar-refractivity contribution is 0.111. The van der Waals surface area contributed by atoms with Gasteiger partial charge in [0, 0.05) is 12.1 Å². The first-order chi connectivity index (χ1) is 4.77. The van der Waals surface area contributed by atoms with Crippen LogP contribution in [-0.2, 0) is 6.42 Å². The maximum absolute atomic E-state index is 10.3. The predicted octanol–water partition coefficient (Wildman–Crippen LogP) is 1.09. The minimum absolute atomic E-state index is 0.525. The van der Waals surface area contributed by atoms with Gasteiger partial charge in [0.1, 0.15) is 11.5 Å². The third-order valence-electron chi connectivity index (χ3n) is 1.42. The Bertz CT molecular complexity index is 240. The summed E-state index contributed by atoms with van der Waals surface area (Å²) in [4.78, 5) is 17.3. The maximum atomic E-state index is 10.3. The summed E-state index contributed by atoms with van der Waals surface area (Å²) in [5.74, 6) is 0.875. The Kier molecular flexibility index (Phi) is 1.85. The first-order valence-corrected chi connectivity index (χ1v) is 3.28. The molecule has 0 saturated heterocycles. The van der Waals surface area contributed by atoms with E-state index < -0.39 is 0 Å². The van der Waals surface area contributed by atoms with Gasteiger partial charge < -0.3 is 4.98 Å². The Morgan fingerprint density at radius 1 is 1.70 bits per heavy atom. The van der Waals surface area contributed by atoms with Gasteiger partial charge in [0.2, 0.25) is 0 Å². The van der Waals surface area contributed by atoms with Crippen molar-refractivity contribution in [1.82, 2.24) is 9.97 Å². The number of carbonyl (C=O) groups is 1. The summed E-state index contributed by atoms with van der Waals surface area (Å²) in [6.45, 7) is 3.84. The van der Waals surface area contributed by atoms with Crippen molar-refractivity contribution in [3.05, 3.63) is 17.2 Å². The smallest absolute Gasteiger partial charge is 0.170 e. The number of rotatable bonds is 2. The van der Waals surface area contributed by atoms with Gasteiger partial charge in [0.15, 0.2) is 6.29 Å². The highest BCUT2D eigenvalue weighted by molar-refractivity contribution is 5.73. The van der Waals surface area contributed by atoms with Gasteiger partial charge in [-0.25, -0.2) is 4.98 Å². The molecule has 0 saturated carbocycles. The summed E-state index contributed by atoms with van der Waals surface area (Å²) >= 11 is 0. The van der Waals surface area contributed by atoms with Crippen molar-refractivity contribution in [3.8, 4) is 0 Å². The topological polar surface area (TPSA) is 45.8 Å². The van der Waals surface area contributed by atoms with E-state index in [0.29, 0.717) is 5.69 Å². The third-order valence-corrected chi connectivity index (χ3v) is 1.42. The van der Waals surface area contributed by atoms with E-state index in [2.05, 4.69) is 9.97 Å². The summed E-state index contributed by atoms with van der Waals surface area (Å²) in [5.41, 5.74) is 1.38. The molecule has 1 aromatic heterocycles. The number of imidazole rings is 1. The molecule has 0 aliphatic carbocycles. The highest BCUT2D eigenvalue weighted by atomic mass is 16.1. The summed E-state index contributed by atoms with van der Waals surface area (Å²) in [6.07, 6.45) is 1.61. The molecule has 0 fully saturated rings. The van der Waals surface area contributed by atoms with Crippen molar-refractivity contribution in [1.29, 1.82) is 0 Å². The van der Waals surface area contributed by atoms with Crippen molar-refractivity contribution in [2.75, 3.05) is 0 Å². The minimum Gasteiger partial charge on any atom is -0.345 e. The Labute approximate surface area is 59.5 Å². The zero-order valence-corrected chi connectivity index (χ0v) is 6.14. The molecule has 3 nitrogen and oxygen atoms in total. The molecule has 10 heavy (non-hydrogen) atoms. The highest BCUT2D eigenvalue weighted by Gasteiger charge is 2.01. The lowest BCUT2D eigenvalue weighted by Gasteiger charge is -1.81. The maximum Gasteiger partial charge on any atom is 0.170 e. The molecule has 1 aromatic rings. The van der Waals surface area contributed by atoms with Crippen LogP contribution in [0.2, 0.25) is 0 Å². The number of H-pyrrole nitrogens is 1. The molecule has 0 atom stereocenters. The van der Waals surface area contributed by atoms with Crippen LogP contribution in [0, 0.1) is 6.92 Å². The Balaban J connectivity index is 3.03. The molecule has 3 heteroatoms. The van der Waals surface area contributed by atoms with Crippen molar-refractivity contribution >= 4 is 6.29 Å². The zero-order chi connectivity index (χ0) is 7.56. The molecular formula is C7H10N2O. The van der Waals surface area contributed by atoms with Crippen LogP contribution >= 0.6 is 0 Å². The van der Waals surface area contributed by atoms with Crippen LogP contribution in [0.15, 0.2) is 0 Å². The average Bonchev–Trinajstić information content (AvgIpc) is 2.30. The number of nitrogens with zero attached hydrogens (tertiary/aromatic N) is 1. The molecular weight excluding hydrogens is 128 g/mol. The van der Waals surface area contributed by atoms with Gasteiger partial charge in [-0.2, -0.15) is 0 Å². The van der Waals surface area contributed by atoms with Gasteiger partial charge in [-0.1, -0.05) is 6.92 Å². The molecule has 0 radical (unpaired) electrons. The molecule has 1 N–H and O–H groups in total. The summed E-state index contributed by atoms with van der Waals surface area (Å²) < 4.78 is 0. The van der Waals surface area contributed by atoms with Crippen LogP contribution in [0.4, 0.5) is 0 Å². The predicted molar refractivity (Wildman–Crippen MR) is 38.1 cm³/mol. The molecule has 0 amide bonds. The first-order valence-electron chi connectivity index (χ1n) is 3.28. The Hall–Kier alpha value is -1.12. The number of aromatic nitrogens is 2. The number of nitrogens with one attached hydrogen (secondary N) is 1. The van der Waals surface area contributed by atoms with E-state index in [0.717, 1.165) is 24.2 Å². The number of aromatic amines is 1. The standard InChI is InChI=1S/C7H10N2O/c1-3-7-8-5(2)6(4-10)9-7/h4H,3H2,1-2H3,(H,8,9). The van der Waals surface area contributed by atoms with Crippen molar-refractivity contribution in [2.45, 2.75) is 20.3 Å². The number of aryl methyl sites for hydroxylation is 2. The Morgan fingerprint density at radius 3 is 2.70 bits per heavy atom. The first kappa shape index (κ1) is 6.99. The van der Waals surface area contributed by atoms with Crippen LogP contribution < -0.4 is 0 Å². The highest BCUT2D eigenvalue weighted by Crippen LogP contribution is 2.01. The fourth-order valence-corrected chi connectivity index (χ4v) is 0.820. The van der Waals surface area contributed by atoms with E-state index in [4.69, 9.17) is 0 Å². The monoisotopic (exact) mass is 138 g/mol. The molecule has 0 bridgehead atoms. The van der Waals surface area contributed by atoms with Crippen LogP contribution in [0.5, 0.6) is 0 Å². The molecule has 0 unspecified atom stereocenters. The largest absolute Gasteiger partial charge is 0.345 e. The summed E-state index contributed by atoms with van der Waals surface area (Å²) in [5, 5.41) is 0. The van der Waals surface area contributed by atoms with Gasteiger partial charge in [-0.3, -0.25) is 4.79 Å². The molecule has 0 aliphatic rings. The summed E-state index contributed by atoms with van der Waals surface area (Å²) in [7, 11) is 0. The second kappa shape index (κ2) is 2.64. The van der Waals surface area contributed by atoms with Crippen LogP contribution in [0.3, 0.4) is 0 Å². The molecule has 0 aliphatic heterocycles. The molecule has 0 aromatic carbocycles. The Morgan fingerprint density at radius 2 is 2.40 bits per heavy atom. The molecule has 0 spiro atoms. The lowest BCUT2D eigenvalue weighted by atomic mass is 10.4. The van der Waals surface area contributed by atoms with E-state index in [-0.39, 0.29) is 0 Å². The number of carbonyl (C=O) groups excluding carboxylic acids is 1.